The first-order valence-corrected chi connectivity index (χ1v) is 5.29. The summed E-state index contributed by atoms with van der Waals surface area (Å²) >= 11 is 0. The largest absolute Gasteiger partial charge is 0.482 e. The van der Waals surface area contributed by atoms with E-state index in [4.69, 9.17) is 9.47 Å². The zero-order chi connectivity index (χ0) is 10.3. The van der Waals surface area contributed by atoms with Crippen molar-refractivity contribution < 1.29 is 14.3 Å². The summed E-state index contributed by atoms with van der Waals surface area (Å²) in [5, 5.41) is 0. The third-order valence-electron chi connectivity index (χ3n) is 2.95. The number of benzene rings is 1. The highest BCUT2D eigenvalue weighted by molar-refractivity contribution is 5.85. The highest BCUT2D eigenvalue weighted by Crippen LogP contribution is 2.36. The van der Waals surface area contributed by atoms with Gasteiger partial charge in [-0.05, 0) is 25.0 Å². The smallest absolute Gasteiger partial charge is 0.193 e. The molecule has 3 rings (SSSR count). The predicted octanol–water partition coefficient (Wildman–Crippen LogP) is 1.95. The fraction of sp³-hybridized carbons (Fsp3) is 0.417. The van der Waals surface area contributed by atoms with E-state index in [1.807, 2.05) is 24.3 Å². The van der Waals surface area contributed by atoms with Crippen LogP contribution in [0.5, 0.6) is 11.5 Å². The molecule has 2 atom stereocenters. The van der Waals surface area contributed by atoms with Crippen LogP contribution in [0, 0.1) is 0 Å². The van der Waals surface area contributed by atoms with Gasteiger partial charge in [0.1, 0.15) is 6.10 Å². The molecule has 1 aromatic carbocycles. The second-order valence-electron chi connectivity index (χ2n) is 4.00. The van der Waals surface area contributed by atoms with E-state index in [0.29, 0.717) is 12.2 Å². The van der Waals surface area contributed by atoms with Crippen LogP contribution in [0.2, 0.25) is 0 Å². The monoisotopic (exact) mass is 204 g/mol. The van der Waals surface area contributed by atoms with Crippen LogP contribution in [0.1, 0.15) is 19.3 Å². The minimum Gasteiger partial charge on any atom is -0.482 e. The standard InChI is InChI=1S/C12H12O3/c13-8-4-3-7-11-12(8)15-10-6-2-1-5-9(10)14-11/h1-2,5-6,11-12H,3-4,7H2. The number of hydrogen-bond donors (Lipinski definition) is 0. The van der Waals surface area contributed by atoms with E-state index in [1.165, 1.54) is 0 Å². The normalized spacial score (nSPS) is 28.4. The lowest BCUT2D eigenvalue weighted by Gasteiger charge is -2.35. The lowest BCUT2D eigenvalue weighted by Crippen LogP contribution is -2.47. The molecule has 78 valence electrons. The Hall–Kier alpha value is -1.51. The number of carbonyl (C=O) groups is 1. The number of Topliss-reactive ketones (excluding diaryl/α,β-unsaturated/α-hetero) is 1. The van der Waals surface area contributed by atoms with Crippen molar-refractivity contribution in [2.75, 3.05) is 0 Å². The Balaban J connectivity index is 1.95. The molecule has 0 aromatic heterocycles. The molecule has 0 N–H and O–H groups in total. The summed E-state index contributed by atoms with van der Waals surface area (Å²) in [6.07, 6.45) is 1.97. The quantitative estimate of drug-likeness (QED) is 0.648. The van der Waals surface area contributed by atoms with Crippen LogP contribution in [0.15, 0.2) is 24.3 Å². The van der Waals surface area contributed by atoms with Crippen LogP contribution in [-0.2, 0) is 4.79 Å². The van der Waals surface area contributed by atoms with Crippen molar-refractivity contribution in [2.24, 2.45) is 0 Å². The van der Waals surface area contributed by atoms with Crippen molar-refractivity contribution in [3.05, 3.63) is 24.3 Å². The van der Waals surface area contributed by atoms with Gasteiger partial charge in [-0.2, -0.15) is 0 Å². The molecule has 1 saturated carbocycles. The van der Waals surface area contributed by atoms with Gasteiger partial charge in [0.2, 0.25) is 0 Å². The van der Waals surface area contributed by atoms with Crippen molar-refractivity contribution in [3.8, 4) is 11.5 Å². The molecule has 1 heterocycles. The highest BCUT2D eigenvalue weighted by Gasteiger charge is 2.39. The van der Waals surface area contributed by atoms with Gasteiger partial charge in [0.05, 0.1) is 0 Å². The molecule has 2 unspecified atom stereocenters. The molecule has 15 heavy (non-hydrogen) atoms. The minimum atomic E-state index is -0.381. The number of ether oxygens (including phenoxy) is 2. The molecule has 0 bridgehead atoms. The van der Waals surface area contributed by atoms with Crippen molar-refractivity contribution in [1.82, 2.24) is 0 Å². The topological polar surface area (TPSA) is 35.5 Å². The fourth-order valence-electron chi connectivity index (χ4n) is 2.19. The first-order chi connectivity index (χ1) is 7.34. The maximum atomic E-state index is 11.6. The molecular weight excluding hydrogens is 192 g/mol. The first kappa shape index (κ1) is 8.77. The number of para-hydroxylation sites is 2. The summed E-state index contributed by atoms with van der Waals surface area (Å²) in [6.45, 7) is 0. The molecule has 0 amide bonds. The molecule has 3 nitrogen and oxygen atoms in total. The van der Waals surface area contributed by atoms with Crippen molar-refractivity contribution in [3.63, 3.8) is 0 Å². The zero-order valence-corrected chi connectivity index (χ0v) is 8.31. The van der Waals surface area contributed by atoms with Crippen LogP contribution >= 0.6 is 0 Å². The van der Waals surface area contributed by atoms with Crippen LogP contribution in [-0.4, -0.2) is 18.0 Å². The third-order valence-corrected chi connectivity index (χ3v) is 2.95. The van der Waals surface area contributed by atoms with E-state index < -0.39 is 0 Å². The van der Waals surface area contributed by atoms with Gasteiger partial charge < -0.3 is 9.47 Å². The minimum absolute atomic E-state index is 0.0823. The highest BCUT2D eigenvalue weighted by atomic mass is 16.6. The van der Waals surface area contributed by atoms with E-state index in [0.717, 1.165) is 18.6 Å². The summed E-state index contributed by atoms with van der Waals surface area (Å²) < 4.78 is 11.4. The summed E-state index contributed by atoms with van der Waals surface area (Å²) in [6, 6.07) is 7.51. The van der Waals surface area contributed by atoms with E-state index in [9.17, 15) is 4.79 Å². The Morgan fingerprint density at radius 3 is 2.67 bits per heavy atom. The van der Waals surface area contributed by atoms with Gasteiger partial charge in [0, 0.05) is 6.42 Å². The average molecular weight is 204 g/mol. The number of hydrogen-bond acceptors (Lipinski definition) is 3. The molecule has 3 heteroatoms. The van der Waals surface area contributed by atoms with E-state index in [-0.39, 0.29) is 18.0 Å². The second-order valence-corrected chi connectivity index (χ2v) is 4.00. The number of ketones is 1. The van der Waals surface area contributed by atoms with E-state index >= 15 is 0 Å². The van der Waals surface area contributed by atoms with Crippen LogP contribution in [0.3, 0.4) is 0 Å². The van der Waals surface area contributed by atoms with Gasteiger partial charge in [-0.1, -0.05) is 12.1 Å². The Morgan fingerprint density at radius 2 is 1.87 bits per heavy atom. The van der Waals surface area contributed by atoms with E-state index in [1.54, 1.807) is 0 Å². The molecule has 0 radical (unpaired) electrons. The van der Waals surface area contributed by atoms with Gasteiger partial charge in [-0.25, -0.2) is 0 Å². The van der Waals surface area contributed by atoms with Crippen molar-refractivity contribution in [2.45, 2.75) is 31.5 Å². The molecule has 0 saturated heterocycles. The zero-order valence-electron chi connectivity index (χ0n) is 8.31. The molecule has 2 aliphatic rings. The van der Waals surface area contributed by atoms with Gasteiger partial charge >= 0.3 is 0 Å². The molecule has 1 aliphatic carbocycles. The SMILES string of the molecule is O=C1CCCC2Oc3ccccc3OC12. The molecule has 0 spiro atoms. The van der Waals surface area contributed by atoms with Gasteiger partial charge in [0.25, 0.3) is 0 Å². The van der Waals surface area contributed by atoms with Crippen molar-refractivity contribution >= 4 is 5.78 Å². The summed E-state index contributed by atoms with van der Waals surface area (Å²) in [7, 11) is 0. The Kier molecular flexibility index (Phi) is 1.91. The Labute approximate surface area is 88.0 Å². The molecule has 1 aromatic rings. The van der Waals surface area contributed by atoms with Crippen LogP contribution in [0.4, 0.5) is 0 Å². The maximum absolute atomic E-state index is 11.6. The number of carbonyl (C=O) groups excluding carboxylic acids is 1. The molecular formula is C12H12O3. The Morgan fingerprint density at radius 1 is 1.13 bits per heavy atom. The third kappa shape index (κ3) is 1.39. The van der Waals surface area contributed by atoms with Gasteiger partial charge in [0.15, 0.2) is 23.4 Å². The fourth-order valence-corrected chi connectivity index (χ4v) is 2.19. The summed E-state index contributed by atoms with van der Waals surface area (Å²) in [5.74, 6) is 1.61. The van der Waals surface area contributed by atoms with Crippen molar-refractivity contribution in [1.29, 1.82) is 0 Å². The molecule has 1 fully saturated rings. The molecule has 1 aliphatic heterocycles. The summed E-state index contributed by atoms with van der Waals surface area (Å²) in [5.41, 5.74) is 0. The maximum Gasteiger partial charge on any atom is 0.193 e. The summed E-state index contributed by atoms with van der Waals surface area (Å²) in [4.78, 5) is 11.6. The van der Waals surface area contributed by atoms with Crippen LogP contribution in [0.25, 0.3) is 0 Å². The lowest BCUT2D eigenvalue weighted by molar-refractivity contribution is -0.135. The number of rotatable bonds is 0. The Bertz CT molecular complexity index is 400. The lowest BCUT2D eigenvalue weighted by atomic mass is 9.92. The van der Waals surface area contributed by atoms with Gasteiger partial charge in [-0.15, -0.1) is 0 Å². The predicted molar refractivity (Wildman–Crippen MR) is 54.1 cm³/mol. The van der Waals surface area contributed by atoms with E-state index in [2.05, 4.69) is 0 Å². The number of fused-ring (bicyclic) bond motifs is 2. The first-order valence-electron chi connectivity index (χ1n) is 5.29. The second kappa shape index (κ2) is 3.26. The average Bonchev–Trinajstić information content (AvgIpc) is 2.27. The van der Waals surface area contributed by atoms with Crippen LogP contribution < -0.4 is 9.47 Å². The van der Waals surface area contributed by atoms with Gasteiger partial charge in [-0.3, -0.25) is 4.79 Å².